The van der Waals surface area contributed by atoms with Crippen molar-refractivity contribution in [2.45, 2.75) is 36.8 Å². The van der Waals surface area contributed by atoms with E-state index in [0.29, 0.717) is 35.4 Å². The van der Waals surface area contributed by atoms with E-state index in [1.54, 1.807) is 43.5 Å². The molecular formula is C24H23FN4O2S. The Morgan fingerprint density at radius 2 is 1.88 bits per heavy atom. The maximum Gasteiger partial charge on any atom is 0.233 e. The maximum absolute atomic E-state index is 14.5. The number of nitrogens with one attached hydrogen (secondary N) is 1. The smallest absolute Gasteiger partial charge is 0.233 e. The number of rotatable bonds is 9. The number of nitrogens with zero attached hydrogens (tertiary/aromatic N) is 3. The highest BCUT2D eigenvalue weighted by atomic mass is 32.2. The molecule has 32 heavy (non-hydrogen) atoms. The quantitative estimate of drug-likeness (QED) is 0.374. The summed E-state index contributed by atoms with van der Waals surface area (Å²) < 4.78 is 21.6. The predicted octanol–water partition coefficient (Wildman–Crippen LogP) is 4.72. The molecule has 4 rings (SSSR count). The van der Waals surface area contributed by atoms with Gasteiger partial charge >= 0.3 is 0 Å². The van der Waals surface area contributed by atoms with Crippen LogP contribution in [0.3, 0.4) is 0 Å². The third-order valence-electron chi connectivity index (χ3n) is 4.97. The summed E-state index contributed by atoms with van der Waals surface area (Å²) in [5.74, 6) is 0.631. The lowest BCUT2D eigenvalue weighted by molar-refractivity contribution is -0.120. The normalized spacial score (nSPS) is 11.9. The van der Waals surface area contributed by atoms with Crippen molar-refractivity contribution in [1.29, 1.82) is 0 Å². The Bertz CT molecular complexity index is 1160. The van der Waals surface area contributed by atoms with Gasteiger partial charge < -0.3 is 14.3 Å². The first-order chi connectivity index (χ1) is 15.6. The molecule has 0 saturated heterocycles. The van der Waals surface area contributed by atoms with Gasteiger partial charge in [0.1, 0.15) is 11.6 Å². The summed E-state index contributed by atoms with van der Waals surface area (Å²) in [6.45, 7) is 2.68. The molecule has 0 saturated carbocycles. The second kappa shape index (κ2) is 10.3. The number of hydrogen-bond acceptors (Lipinski definition) is 5. The Morgan fingerprint density at radius 1 is 1.09 bits per heavy atom. The van der Waals surface area contributed by atoms with Crippen LogP contribution in [0.2, 0.25) is 0 Å². The van der Waals surface area contributed by atoms with E-state index in [0.717, 1.165) is 12.0 Å². The Hall–Kier alpha value is -3.39. The summed E-state index contributed by atoms with van der Waals surface area (Å²) in [5, 5.41) is 11.6. The van der Waals surface area contributed by atoms with Gasteiger partial charge in [-0.25, -0.2) is 4.39 Å². The molecule has 0 aliphatic heterocycles. The van der Waals surface area contributed by atoms with Gasteiger partial charge in [0.25, 0.3) is 0 Å². The van der Waals surface area contributed by atoms with Crippen LogP contribution in [-0.2, 0) is 24.3 Å². The Balaban J connectivity index is 1.53. The minimum atomic E-state index is -0.418. The van der Waals surface area contributed by atoms with Crippen molar-refractivity contribution in [3.05, 3.63) is 90.1 Å². The molecular weight excluding hydrogens is 427 g/mol. The molecule has 6 nitrogen and oxygen atoms in total. The summed E-state index contributed by atoms with van der Waals surface area (Å²) in [6.07, 6.45) is 2.30. The van der Waals surface area contributed by atoms with Gasteiger partial charge in [0, 0.05) is 6.54 Å². The van der Waals surface area contributed by atoms with Crippen molar-refractivity contribution < 1.29 is 13.6 Å². The summed E-state index contributed by atoms with van der Waals surface area (Å²) in [4.78, 5) is 12.6. The molecule has 0 unspecified atom stereocenters. The summed E-state index contributed by atoms with van der Waals surface area (Å²) in [5.41, 5.74) is 1.54. The molecule has 1 amide bonds. The Labute approximate surface area is 189 Å². The molecule has 1 N–H and O–H groups in total. The number of furan rings is 1. The fraction of sp³-hybridized carbons (Fsp3) is 0.208. The molecule has 0 aliphatic rings. The monoisotopic (exact) mass is 450 g/mol. The van der Waals surface area contributed by atoms with E-state index in [1.165, 1.54) is 17.8 Å². The highest BCUT2D eigenvalue weighted by molar-refractivity contribution is 8.00. The topological polar surface area (TPSA) is 73.0 Å². The van der Waals surface area contributed by atoms with E-state index in [-0.39, 0.29) is 11.7 Å². The largest absolute Gasteiger partial charge is 0.467 e. The van der Waals surface area contributed by atoms with E-state index in [4.69, 9.17) is 4.42 Å². The van der Waals surface area contributed by atoms with E-state index >= 15 is 0 Å². The van der Waals surface area contributed by atoms with Crippen LogP contribution in [0.5, 0.6) is 0 Å². The molecule has 2 aromatic heterocycles. The molecule has 2 aromatic carbocycles. The van der Waals surface area contributed by atoms with E-state index in [9.17, 15) is 9.18 Å². The van der Waals surface area contributed by atoms with Crippen molar-refractivity contribution in [2.24, 2.45) is 0 Å². The van der Waals surface area contributed by atoms with Crippen LogP contribution in [-0.4, -0.2) is 25.9 Å². The summed E-state index contributed by atoms with van der Waals surface area (Å²) >= 11 is 1.30. The molecule has 164 valence electrons. The SMILES string of the molecule is C[C@H](Sc1nnc(-c2ccccc2F)n1CCc1ccccc1)C(=O)NCc1ccco1. The van der Waals surface area contributed by atoms with Gasteiger partial charge in [0.05, 0.1) is 23.6 Å². The predicted molar refractivity (Wildman–Crippen MR) is 121 cm³/mol. The number of aryl methyl sites for hydroxylation is 1. The van der Waals surface area contributed by atoms with Crippen molar-refractivity contribution in [3.8, 4) is 11.4 Å². The van der Waals surface area contributed by atoms with Crippen LogP contribution in [0, 0.1) is 5.82 Å². The number of thioether (sulfide) groups is 1. The van der Waals surface area contributed by atoms with Gasteiger partial charge in [0.15, 0.2) is 11.0 Å². The van der Waals surface area contributed by atoms with Gasteiger partial charge in [-0.3, -0.25) is 4.79 Å². The number of carbonyl (C=O) groups is 1. The van der Waals surface area contributed by atoms with Crippen molar-refractivity contribution >= 4 is 17.7 Å². The summed E-state index contributed by atoms with van der Waals surface area (Å²) in [7, 11) is 0. The Kier molecular flexibility index (Phi) is 7.01. The van der Waals surface area contributed by atoms with Crippen LogP contribution >= 0.6 is 11.8 Å². The minimum Gasteiger partial charge on any atom is -0.467 e. The highest BCUT2D eigenvalue weighted by Gasteiger charge is 2.22. The number of hydrogen-bond donors (Lipinski definition) is 1. The van der Waals surface area contributed by atoms with Crippen LogP contribution in [0.4, 0.5) is 4.39 Å². The molecule has 8 heteroatoms. The molecule has 0 fully saturated rings. The zero-order chi connectivity index (χ0) is 22.3. The van der Waals surface area contributed by atoms with Gasteiger partial charge in [-0.1, -0.05) is 54.2 Å². The zero-order valence-corrected chi connectivity index (χ0v) is 18.4. The second-order valence-corrected chi connectivity index (χ2v) is 8.54. The minimum absolute atomic E-state index is 0.142. The molecule has 1 atom stereocenters. The lowest BCUT2D eigenvalue weighted by Crippen LogP contribution is -2.30. The lowest BCUT2D eigenvalue weighted by atomic mass is 10.1. The molecule has 0 aliphatic carbocycles. The first kappa shape index (κ1) is 21.8. The van der Waals surface area contributed by atoms with Crippen LogP contribution < -0.4 is 5.32 Å². The molecule has 2 heterocycles. The van der Waals surface area contributed by atoms with E-state index < -0.39 is 5.25 Å². The van der Waals surface area contributed by atoms with E-state index in [2.05, 4.69) is 15.5 Å². The van der Waals surface area contributed by atoms with Gasteiger partial charge in [-0.15, -0.1) is 10.2 Å². The van der Waals surface area contributed by atoms with E-state index in [1.807, 2.05) is 34.9 Å². The number of carbonyl (C=O) groups excluding carboxylic acids is 1. The van der Waals surface area contributed by atoms with Gasteiger partial charge in [-0.2, -0.15) is 0 Å². The molecule has 0 radical (unpaired) electrons. The standard InChI is InChI=1S/C24H23FN4O2S/c1-17(23(30)26-16-19-10-7-15-31-19)32-24-28-27-22(20-11-5-6-12-21(20)25)29(24)14-13-18-8-3-2-4-9-18/h2-12,15,17H,13-14,16H2,1H3,(H,26,30)/t17-/m0/s1. The molecule has 0 spiro atoms. The van der Waals surface area contributed by atoms with Crippen molar-refractivity contribution in [3.63, 3.8) is 0 Å². The van der Waals surface area contributed by atoms with Gasteiger partial charge in [0.2, 0.25) is 5.91 Å². The summed E-state index contributed by atoms with van der Waals surface area (Å²) in [6, 6.07) is 20.1. The number of benzene rings is 2. The fourth-order valence-electron chi connectivity index (χ4n) is 3.25. The highest BCUT2D eigenvalue weighted by Crippen LogP contribution is 2.28. The Morgan fingerprint density at radius 3 is 2.62 bits per heavy atom. The van der Waals surface area contributed by atoms with Crippen molar-refractivity contribution in [1.82, 2.24) is 20.1 Å². The maximum atomic E-state index is 14.5. The average Bonchev–Trinajstić information content (AvgIpc) is 3.47. The zero-order valence-electron chi connectivity index (χ0n) is 17.6. The van der Waals surface area contributed by atoms with Crippen LogP contribution in [0.15, 0.2) is 82.6 Å². The third-order valence-corrected chi connectivity index (χ3v) is 6.05. The van der Waals surface area contributed by atoms with Gasteiger partial charge in [-0.05, 0) is 43.2 Å². The van der Waals surface area contributed by atoms with Crippen LogP contribution in [0.1, 0.15) is 18.2 Å². The molecule has 0 bridgehead atoms. The molecule has 4 aromatic rings. The number of amides is 1. The third kappa shape index (κ3) is 5.26. The fourth-order valence-corrected chi connectivity index (χ4v) is 4.15. The lowest BCUT2D eigenvalue weighted by Gasteiger charge is -2.14. The number of halogens is 1. The van der Waals surface area contributed by atoms with Crippen LogP contribution in [0.25, 0.3) is 11.4 Å². The number of aromatic nitrogens is 3. The first-order valence-corrected chi connectivity index (χ1v) is 11.2. The van der Waals surface area contributed by atoms with Crippen molar-refractivity contribution in [2.75, 3.05) is 0 Å². The first-order valence-electron chi connectivity index (χ1n) is 10.3. The average molecular weight is 451 g/mol. The second-order valence-electron chi connectivity index (χ2n) is 7.23.